The van der Waals surface area contributed by atoms with Gasteiger partial charge in [-0.25, -0.2) is 0 Å². The van der Waals surface area contributed by atoms with Gasteiger partial charge in [0, 0.05) is 31.0 Å². The Kier molecular flexibility index (Phi) is 4.51. The Labute approximate surface area is 111 Å². The largest absolute Gasteiger partial charge is 0.384 e. The van der Waals surface area contributed by atoms with Gasteiger partial charge in [0.25, 0.3) is 0 Å². The van der Waals surface area contributed by atoms with Crippen LogP contribution in [0.15, 0.2) is 18.2 Å². The van der Waals surface area contributed by atoms with Crippen molar-refractivity contribution in [1.29, 1.82) is 0 Å². The molecule has 100 valence electrons. The molecule has 0 aliphatic carbocycles. The van der Waals surface area contributed by atoms with E-state index in [-0.39, 0.29) is 0 Å². The molecule has 0 fully saturated rings. The maximum Gasteiger partial charge on any atom is 0.0393 e. The summed E-state index contributed by atoms with van der Waals surface area (Å²) in [6.07, 6.45) is 3.63. The van der Waals surface area contributed by atoms with Crippen molar-refractivity contribution in [3.63, 3.8) is 0 Å². The zero-order valence-corrected chi connectivity index (χ0v) is 12.0. The first kappa shape index (κ1) is 13.3. The highest BCUT2D eigenvalue weighted by Gasteiger charge is 2.15. The van der Waals surface area contributed by atoms with E-state index in [1.54, 1.807) is 0 Å². The average Bonchev–Trinajstić information content (AvgIpc) is 2.38. The van der Waals surface area contributed by atoms with Crippen LogP contribution in [0.4, 0.5) is 11.4 Å². The van der Waals surface area contributed by atoms with Gasteiger partial charge < -0.3 is 10.2 Å². The van der Waals surface area contributed by atoms with Gasteiger partial charge in [-0.1, -0.05) is 26.8 Å². The molecule has 0 saturated heterocycles. The second kappa shape index (κ2) is 6.12. The Balaban J connectivity index is 2.18. The van der Waals surface area contributed by atoms with Gasteiger partial charge >= 0.3 is 0 Å². The van der Waals surface area contributed by atoms with Gasteiger partial charge in [0.1, 0.15) is 0 Å². The molecule has 1 heterocycles. The average molecular weight is 246 g/mol. The lowest BCUT2D eigenvalue weighted by atomic mass is 9.95. The minimum Gasteiger partial charge on any atom is -0.384 e. The zero-order chi connectivity index (χ0) is 13.0. The molecule has 0 bridgehead atoms. The number of benzene rings is 1. The topological polar surface area (TPSA) is 15.3 Å². The fourth-order valence-corrected chi connectivity index (χ4v) is 2.75. The molecular weight excluding hydrogens is 220 g/mol. The number of rotatable bonds is 5. The van der Waals surface area contributed by atoms with Crippen molar-refractivity contribution in [2.75, 3.05) is 29.9 Å². The van der Waals surface area contributed by atoms with E-state index >= 15 is 0 Å². The summed E-state index contributed by atoms with van der Waals surface area (Å²) in [4.78, 5) is 2.50. The zero-order valence-electron chi connectivity index (χ0n) is 12.0. The second-order valence-corrected chi connectivity index (χ2v) is 5.52. The maximum atomic E-state index is 3.57. The third kappa shape index (κ3) is 2.98. The molecule has 0 spiro atoms. The first-order chi connectivity index (χ1) is 8.74. The maximum absolute atomic E-state index is 3.57. The summed E-state index contributed by atoms with van der Waals surface area (Å²) in [5, 5.41) is 3.57. The second-order valence-electron chi connectivity index (χ2n) is 5.52. The van der Waals surface area contributed by atoms with Crippen LogP contribution in [0.5, 0.6) is 0 Å². The monoisotopic (exact) mass is 246 g/mol. The van der Waals surface area contributed by atoms with Crippen LogP contribution >= 0.6 is 0 Å². The van der Waals surface area contributed by atoms with Gasteiger partial charge in [-0.2, -0.15) is 0 Å². The normalized spacial score (nSPS) is 18.1. The number of nitrogens with one attached hydrogen (secondary N) is 1. The summed E-state index contributed by atoms with van der Waals surface area (Å²) in [7, 11) is 0. The Morgan fingerprint density at radius 3 is 2.61 bits per heavy atom. The lowest BCUT2D eigenvalue weighted by Crippen LogP contribution is -2.26. The van der Waals surface area contributed by atoms with Crippen LogP contribution in [0.3, 0.4) is 0 Å². The summed E-state index contributed by atoms with van der Waals surface area (Å²) in [5.74, 6) is 0.755. The molecule has 1 atom stereocenters. The minimum absolute atomic E-state index is 0.755. The molecule has 1 N–H and O–H groups in total. The van der Waals surface area contributed by atoms with Crippen LogP contribution in [0.2, 0.25) is 0 Å². The highest BCUT2D eigenvalue weighted by atomic mass is 15.1. The highest BCUT2D eigenvalue weighted by molar-refractivity contribution is 5.63. The molecule has 1 aliphatic rings. The predicted octanol–water partition coefficient (Wildman–Crippen LogP) is 3.92. The van der Waals surface area contributed by atoms with Crippen molar-refractivity contribution in [2.24, 2.45) is 5.92 Å². The SMILES string of the molecule is CCCN(CCC)c1ccc2c(c1)NCC(C)C2. The van der Waals surface area contributed by atoms with Crippen molar-refractivity contribution in [3.05, 3.63) is 23.8 Å². The van der Waals surface area contributed by atoms with Crippen LogP contribution in [0, 0.1) is 5.92 Å². The fraction of sp³-hybridized carbons (Fsp3) is 0.625. The highest BCUT2D eigenvalue weighted by Crippen LogP contribution is 2.29. The Morgan fingerprint density at radius 1 is 1.22 bits per heavy atom. The van der Waals surface area contributed by atoms with Crippen LogP contribution in [0.25, 0.3) is 0 Å². The van der Waals surface area contributed by atoms with Gasteiger partial charge in [-0.15, -0.1) is 0 Å². The van der Waals surface area contributed by atoms with Crippen LogP contribution in [-0.2, 0) is 6.42 Å². The van der Waals surface area contributed by atoms with E-state index in [4.69, 9.17) is 0 Å². The van der Waals surface area contributed by atoms with E-state index in [9.17, 15) is 0 Å². The first-order valence-electron chi connectivity index (χ1n) is 7.36. The summed E-state index contributed by atoms with van der Waals surface area (Å²) >= 11 is 0. The van der Waals surface area contributed by atoms with Crippen molar-refractivity contribution in [1.82, 2.24) is 0 Å². The Bertz CT molecular complexity index is 381. The third-order valence-corrected chi connectivity index (χ3v) is 3.65. The van der Waals surface area contributed by atoms with E-state index in [0.29, 0.717) is 0 Å². The smallest absolute Gasteiger partial charge is 0.0393 e. The molecule has 2 rings (SSSR count). The van der Waals surface area contributed by atoms with Gasteiger partial charge in [0.2, 0.25) is 0 Å². The quantitative estimate of drug-likeness (QED) is 0.847. The van der Waals surface area contributed by atoms with Crippen molar-refractivity contribution >= 4 is 11.4 Å². The van der Waals surface area contributed by atoms with Gasteiger partial charge in [0.15, 0.2) is 0 Å². The molecule has 1 aromatic carbocycles. The van der Waals surface area contributed by atoms with Gasteiger partial charge in [0.05, 0.1) is 0 Å². The summed E-state index contributed by atoms with van der Waals surface area (Å²) in [6, 6.07) is 6.95. The van der Waals surface area contributed by atoms with Crippen molar-refractivity contribution in [2.45, 2.75) is 40.0 Å². The molecule has 0 radical (unpaired) electrons. The molecular formula is C16H26N2. The van der Waals surface area contributed by atoms with E-state index in [1.165, 1.54) is 36.2 Å². The van der Waals surface area contributed by atoms with E-state index < -0.39 is 0 Å². The number of hydrogen-bond donors (Lipinski definition) is 1. The van der Waals surface area contributed by atoms with Gasteiger partial charge in [-0.05, 0) is 42.9 Å². The first-order valence-corrected chi connectivity index (χ1v) is 7.36. The van der Waals surface area contributed by atoms with Crippen LogP contribution in [0.1, 0.15) is 39.2 Å². The number of hydrogen-bond acceptors (Lipinski definition) is 2. The van der Waals surface area contributed by atoms with Crippen molar-refractivity contribution in [3.8, 4) is 0 Å². The molecule has 1 aliphatic heterocycles. The van der Waals surface area contributed by atoms with Crippen LogP contribution in [-0.4, -0.2) is 19.6 Å². The molecule has 0 amide bonds. The molecule has 0 aromatic heterocycles. The molecule has 18 heavy (non-hydrogen) atoms. The molecule has 1 unspecified atom stereocenters. The Morgan fingerprint density at radius 2 is 1.94 bits per heavy atom. The third-order valence-electron chi connectivity index (χ3n) is 3.65. The van der Waals surface area contributed by atoms with E-state index in [2.05, 4.69) is 49.2 Å². The summed E-state index contributed by atoms with van der Waals surface area (Å²) in [5.41, 5.74) is 4.20. The minimum atomic E-state index is 0.755. The lowest BCUT2D eigenvalue weighted by molar-refractivity contribution is 0.594. The summed E-state index contributed by atoms with van der Waals surface area (Å²) in [6.45, 7) is 10.2. The summed E-state index contributed by atoms with van der Waals surface area (Å²) < 4.78 is 0. The number of anilines is 2. The van der Waals surface area contributed by atoms with Crippen LogP contribution < -0.4 is 10.2 Å². The number of nitrogens with zero attached hydrogens (tertiary/aromatic N) is 1. The lowest BCUT2D eigenvalue weighted by Gasteiger charge is -2.28. The standard InChI is InChI=1S/C16H26N2/c1-4-8-18(9-5-2)15-7-6-14-10-13(3)12-17-16(14)11-15/h6-7,11,13,17H,4-5,8-10,12H2,1-3H3. The fourth-order valence-electron chi connectivity index (χ4n) is 2.75. The predicted molar refractivity (Wildman–Crippen MR) is 80.6 cm³/mol. The Hall–Kier alpha value is -1.18. The van der Waals surface area contributed by atoms with Gasteiger partial charge in [-0.3, -0.25) is 0 Å². The van der Waals surface area contributed by atoms with E-state index in [0.717, 1.165) is 25.6 Å². The molecule has 1 aromatic rings. The molecule has 2 nitrogen and oxygen atoms in total. The molecule has 2 heteroatoms. The van der Waals surface area contributed by atoms with Crippen molar-refractivity contribution < 1.29 is 0 Å². The molecule has 0 saturated carbocycles. The number of fused-ring (bicyclic) bond motifs is 1. The van der Waals surface area contributed by atoms with E-state index in [1.807, 2.05) is 0 Å².